The van der Waals surface area contributed by atoms with E-state index in [2.05, 4.69) is 54.5 Å². The van der Waals surface area contributed by atoms with Crippen LogP contribution in [0.1, 0.15) is 209 Å². The summed E-state index contributed by atoms with van der Waals surface area (Å²) in [6.07, 6.45) is 35.4. The number of allylic oxidation sites excluding steroid dienone is 1. The SMILES string of the molecule is CCCCCCCCCCCCCCCC(=O)O[C@H]1CC[C@@]2(C)C(=CC[C@H]3[C@@H]4CC[C@H](C(C)CC[C@@H](CC)C(C)C)[C@@]4(C)CC[C@@H]32)C1. The summed E-state index contributed by atoms with van der Waals surface area (Å²) >= 11 is 0. The maximum Gasteiger partial charge on any atom is 0.306 e. The topological polar surface area (TPSA) is 26.3 Å². The van der Waals surface area contributed by atoms with Crippen molar-refractivity contribution in [2.24, 2.45) is 52.3 Å². The summed E-state index contributed by atoms with van der Waals surface area (Å²) in [7, 11) is 0. The molecular weight excluding hydrogens is 572 g/mol. The second kappa shape index (κ2) is 19.0. The number of ether oxygens (including phenoxy) is 1. The van der Waals surface area contributed by atoms with Crippen LogP contribution in [0.15, 0.2) is 11.6 Å². The molecule has 0 N–H and O–H groups in total. The van der Waals surface area contributed by atoms with Crippen molar-refractivity contribution in [1.82, 2.24) is 0 Å². The van der Waals surface area contributed by atoms with Gasteiger partial charge in [0.15, 0.2) is 0 Å². The van der Waals surface area contributed by atoms with Crippen LogP contribution in [0, 0.1) is 52.3 Å². The average molecular weight is 653 g/mol. The number of unbranched alkanes of at least 4 members (excludes halogenated alkanes) is 12. The van der Waals surface area contributed by atoms with Gasteiger partial charge in [0.1, 0.15) is 6.10 Å². The van der Waals surface area contributed by atoms with Crippen LogP contribution in [0.25, 0.3) is 0 Å². The highest BCUT2D eigenvalue weighted by Crippen LogP contribution is 2.67. The molecule has 0 aromatic rings. The number of carbonyl (C=O) groups is 1. The molecule has 0 aromatic heterocycles. The van der Waals surface area contributed by atoms with Gasteiger partial charge in [-0.1, -0.05) is 150 Å². The first-order valence-corrected chi connectivity index (χ1v) is 21.5. The Hall–Kier alpha value is -0.790. The molecule has 2 heteroatoms. The molecular formula is C45H80O2. The number of hydrogen-bond donors (Lipinski definition) is 0. The maximum absolute atomic E-state index is 12.8. The Morgan fingerprint density at radius 3 is 2.04 bits per heavy atom. The Balaban J connectivity index is 1.16. The summed E-state index contributed by atoms with van der Waals surface area (Å²) in [5, 5.41) is 0. The zero-order valence-corrected chi connectivity index (χ0v) is 32.7. The fourth-order valence-electron chi connectivity index (χ4n) is 11.9. The molecule has 0 bridgehead atoms. The van der Waals surface area contributed by atoms with Gasteiger partial charge in [0, 0.05) is 12.8 Å². The van der Waals surface area contributed by atoms with Crippen molar-refractivity contribution in [3.05, 3.63) is 11.6 Å². The minimum Gasteiger partial charge on any atom is -0.462 e. The molecule has 0 aromatic carbocycles. The fraction of sp³-hybridized carbons (Fsp3) is 0.933. The van der Waals surface area contributed by atoms with Crippen LogP contribution in [0.4, 0.5) is 0 Å². The second-order valence-corrected chi connectivity index (χ2v) is 18.3. The van der Waals surface area contributed by atoms with E-state index < -0.39 is 0 Å². The molecule has 4 rings (SSSR count). The van der Waals surface area contributed by atoms with Crippen molar-refractivity contribution in [2.75, 3.05) is 0 Å². The molecule has 0 saturated heterocycles. The zero-order chi connectivity index (χ0) is 33.9. The van der Waals surface area contributed by atoms with Crippen LogP contribution >= 0.6 is 0 Å². The molecule has 9 atom stereocenters. The second-order valence-electron chi connectivity index (χ2n) is 18.3. The van der Waals surface area contributed by atoms with Crippen molar-refractivity contribution in [2.45, 2.75) is 215 Å². The van der Waals surface area contributed by atoms with Crippen LogP contribution in [-0.4, -0.2) is 12.1 Å². The summed E-state index contributed by atoms with van der Waals surface area (Å²) in [5.41, 5.74) is 2.52. The van der Waals surface area contributed by atoms with Crippen molar-refractivity contribution in [1.29, 1.82) is 0 Å². The van der Waals surface area contributed by atoms with Crippen LogP contribution in [-0.2, 0) is 9.53 Å². The van der Waals surface area contributed by atoms with Crippen LogP contribution < -0.4 is 0 Å². The predicted octanol–water partition coefficient (Wildman–Crippen LogP) is 14.1. The molecule has 0 amide bonds. The van der Waals surface area contributed by atoms with Gasteiger partial charge in [-0.15, -0.1) is 0 Å². The van der Waals surface area contributed by atoms with Crippen molar-refractivity contribution >= 4 is 5.97 Å². The Kier molecular flexibility index (Phi) is 15.8. The summed E-state index contributed by atoms with van der Waals surface area (Å²) in [6.45, 7) is 17.5. The van der Waals surface area contributed by atoms with Gasteiger partial charge < -0.3 is 4.74 Å². The first-order chi connectivity index (χ1) is 22.6. The number of fused-ring (bicyclic) bond motifs is 5. The van der Waals surface area contributed by atoms with Crippen molar-refractivity contribution in [3.8, 4) is 0 Å². The minimum absolute atomic E-state index is 0.0640. The zero-order valence-electron chi connectivity index (χ0n) is 32.7. The van der Waals surface area contributed by atoms with E-state index in [9.17, 15) is 4.79 Å². The average Bonchev–Trinajstić information content (AvgIpc) is 3.41. The molecule has 1 unspecified atom stereocenters. The molecule has 0 aliphatic heterocycles. The quantitative estimate of drug-likeness (QED) is 0.0700. The molecule has 0 spiro atoms. The van der Waals surface area contributed by atoms with Gasteiger partial charge in [0.2, 0.25) is 0 Å². The van der Waals surface area contributed by atoms with Gasteiger partial charge in [-0.3, -0.25) is 4.79 Å². The largest absolute Gasteiger partial charge is 0.462 e. The van der Waals surface area contributed by atoms with Gasteiger partial charge in [0.05, 0.1) is 0 Å². The van der Waals surface area contributed by atoms with E-state index in [0.717, 1.165) is 60.7 Å². The minimum atomic E-state index is 0.0640. The lowest BCUT2D eigenvalue weighted by atomic mass is 9.47. The van der Waals surface area contributed by atoms with E-state index in [1.807, 2.05) is 0 Å². The Morgan fingerprint density at radius 2 is 1.43 bits per heavy atom. The van der Waals surface area contributed by atoms with Crippen molar-refractivity contribution < 1.29 is 9.53 Å². The van der Waals surface area contributed by atoms with E-state index in [1.54, 1.807) is 5.57 Å². The lowest BCUT2D eigenvalue weighted by Gasteiger charge is -2.58. The predicted molar refractivity (Wildman–Crippen MR) is 202 cm³/mol. The summed E-state index contributed by atoms with van der Waals surface area (Å²) in [6, 6.07) is 0. The first-order valence-electron chi connectivity index (χ1n) is 21.5. The molecule has 272 valence electrons. The number of esters is 1. The third-order valence-corrected chi connectivity index (χ3v) is 15.1. The van der Waals surface area contributed by atoms with Crippen molar-refractivity contribution in [3.63, 3.8) is 0 Å². The molecule has 47 heavy (non-hydrogen) atoms. The van der Waals surface area contributed by atoms with Gasteiger partial charge in [-0.2, -0.15) is 0 Å². The highest BCUT2D eigenvalue weighted by molar-refractivity contribution is 5.69. The van der Waals surface area contributed by atoms with E-state index in [1.165, 1.54) is 135 Å². The van der Waals surface area contributed by atoms with Gasteiger partial charge in [0.25, 0.3) is 0 Å². The smallest absolute Gasteiger partial charge is 0.306 e. The van der Waals surface area contributed by atoms with Gasteiger partial charge in [-0.05, 0) is 110 Å². The van der Waals surface area contributed by atoms with Crippen LogP contribution in [0.5, 0.6) is 0 Å². The molecule has 0 heterocycles. The van der Waals surface area contributed by atoms with Gasteiger partial charge >= 0.3 is 5.97 Å². The van der Waals surface area contributed by atoms with Crippen LogP contribution in [0.2, 0.25) is 0 Å². The molecule has 0 radical (unpaired) electrons. The highest BCUT2D eigenvalue weighted by atomic mass is 16.5. The summed E-state index contributed by atoms with van der Waals surface area (Å²) in [4.78, 5) is 12.8. The number of rotatable bonds is 21. The standard InChI is InChI=1S/C45H80O2/c1-8-10-11-12-13-14-15-16-17-18-19-20-21-22-43(46)47-38-29-31-44(6)37(33-38)25-26-39-41-28-27-40(45(41,7)32-30-42(39)44)35(5)23-24-36(9-2)34(3)4/h25,34-36,38-42H,8-24,26-33H2,1-7H3/t35?,36-,38+,39+,40-,41+,42+,44+,45-/m1/s1. The molecule has 4 aliphatic rings. The van der Waals surface area contributed by atoms with E-state index >= 15 is 0 Å². The van der Waals surface area contributed by atoms with Crippen LogP contribution in [0.3, 0.4) is 0 Å². The lowest BCUT2D eigenvalue weighted by molar-refractivity contribution is -0.151. The van der Waals surface area contributed by atoms with E-state index in [0.29, 0.717) is 17.3 Å². The van der Waals surface area contributed by atoms with Gasteiger partial charge in [-0.25, -0.2) is 0 Å². The number of hydrogen-bond acceptors (Lipinski definition) is 2. The molecule has 3 fully saturated rings. The summed E-state index contributed by atoms with van der Waals surface area (Å²) in [5.74, 6) is 6.18. The lowest BCUT2D eigenvalue weighted by Crippen LogP contribution is -2.51. The monoisotopic (exact) mass is 653 g/mol. The summed E-state index contributed by atoms with van der Waals surface area (Å²) < 4.78 is 6.14. The molecule has 3 saturated carbocycles. The fourth-order valence-corrected chi connectivity index (χ4v) is 11.9. The molecule has 2 nitrogen and oxygen atoms in total. The third-order valence-electron chi connectivity index (χ3n) is 15.1. The Labute approximate surface area is 293 Å². The maximum atomic E-state index is 12.8. The third kappa shape index (κ3) is 10.1. The number of carbonyl (C=O) groups excluding carboxylic acids is 1. The molecule has 4 aliphatic carbocycles. The van der Waals surface area contributed by atoms with E-state index in [4.69, 9.17) is 4.74 Å². The van der Waals surface area contributed by atoms with E-state index in [-0.39, 0.29) is 12.1 Å². The Morgan fingerprint density at radius 1 is 0.787 bits per heavy atom. The first kappa shape index (κ1) is 39.0. The normalized spacial score (nSPS) is 33.1. The highest BCUT2D eigenvalue weighted by Gasteiger charge is 2.59. The Bertz CT molecular complexity index is 950.